The van der Waals surface area contributed by atoms with Gasteiger partial charge in [0.15, 0.2) is 0 Å². The fourth-order valence-corrected chi connectivity index (χ4v) is 4.45. The van der Waals surface area contributed by atoms with Gasteiger partial charge in [-0.1, -0.05) is 31.5 Å². The van der Waals surface area contributed by atoms with Gasteiger partial charge in [-0.3, -0.25) is 4.79 Å². The summed E-state index contributed by atoms with van der Waals surface area (Å²) in [6.07, 6.45) is 0. The number of hydrogen-bond acceptors (Lipinski definition) is 4. The number of ether oxygens (including phenoxy) is 1. The van der Waals surface area contributed by atoms with Gasteiger partial charge >= 0.3 is 0 Å². The monoisotopic (exact) mass is 438 g/mol. The maximum absolute atomic E-state index is 12.9. The van der Waals surface area contributed by atoms with Gasteiger partial charge in [-0.15, -0.1) is 0 Å². The van der Waals surface area contributed by atoms with Crippen LogP contribution in [0.1, 0.15) is 29.8 Å². The molecular formula is C21H27ClN2O4S. The normalized spacial score (nSPS) is 11.5. The molecule has 158 valence electrons. The molecule has 0 saturated carbocycles. The number of benzene rings is 2. The minimum absolute atomic E-state index is 0.126. The zero-order chi connectivity index (χ0) is 21.6. The smallest absolute Gasteiger partial charge is 0.254 e. The Bertz CT molecular complexity index is 942. The van der Waals surface area contributed by atoms with Crippen molar-refractivity contribution in [2.75, 3.05) is 33.3 Å². The number of carbonyl (C=O) groups is 1. The highest BCUT2D eigenvalue weighted by atomic mass is 35.5. The van der Waals surface area contributed by atoms with E-state index < -0.39 is 10.0 Å². The van der Waals surface area contributed by atoms with Crippen LogP contribution in [0, 0.1) is 6.92 Å². The van der Waals surface area contributed by atoms with Crippen molar-refractivity contribution >= 4 is 27.5 Å². The molecule has 0 aliphatic heterocycles. The lowest BCUT2D eigenvalue weighted by molar-refractivity contribution is 0.0773. The van der Waals surface area contributed by atoms with E-state index in [2.05, 4.69) is 0 Å². The highest BCUT2D eigenvalue weighted by Gasteiger charge is 2.24. The van der Waals surface area contributed by atoms with Gasteiger partial charge in [0.05, 0.1) is 11.4 Å². The number of nitrogens with zero attached hydrogens (tertiary/aromatic N) is 2. The summed E-state index contributed by atoms with van der Waals surface area (Å²) in [4.78, 5) is 14.5. The highest BCUT2D eigenvalue weighted by Crippen LogP contribution is 2.21. The summed E-state index contributed by atoms with van der Waals surface area (Å²) in [5.74, 6) is 0.414. The number of sulfonamides is 1. The number of carbonyl (C=O) groups excluding carboxylic acids is 1. The molecule has 0 aliphatic carbocycles. The predicted octanol–water partition coefficient (Wildman–Crippen LogP) is 3.83. The van der Waals surface area contributed by atoms with Crippen molar-refractivity contribution in [3.8, 4) is 5.75 Å². The number of amides is 1. The Morgan fingerprint density at radius 2 is 1.69 bits per heavy atom. The van der Waals surface area contributed by atoms with Crippen LogP contribution < -0.4 is 4.74 Å². The van der Waals surface area contributed by atoms with Crippen molar-refractivity contribution in [3.05, 3.63) is 58.6 Å². The van der Waals surface area contributed by atoms with Crippen LogP contribution in [0.5, 0.6) is 5.75 Å². The molecular weight excluding hydrogens is 412 g/mol. The first-order valence-electron chi connectivity index (χ1n) is 9.45. The van der Waals surface area contributed by atoms with Gasteiger partial charge in [-0.2, -0.15) is 4.31 Å². The predicted molar refractivity (Wildman–Crippen MR) is 115 cm³/mol. The summed E-state index contributed by atoms with van der Waals surface area (Å²) in [5, 5.41) is 0.625. The van der Waals surface area contributed by atoms with Crippen molar-refractivity contribution in [3.63, 3.8) is 0 Å². The Labute approximate surface area is 178 Å². The van der Waals surface area contributed by atoms with E-state index in [0.29, 0.717) is 42.6 Å². The number of hydrogen-bond donors (Lipinski definition) is 0. The van der Waals surface area contributed by atoms with Gasteiger partial charge in [0.2, 0.25) is 10.0 Å². The van der Waals surface area contributed by atoms with Crippen LogP contribution >= 0.6 is 11.6 Å². The lowest BCUT2D eigenvalue weighted by Gasteiger charge is -2.21. The van der Waals surface area contributed by atoms with E-state index in [0.717, 1.165) is 5.56 Å². The summed E-state index contributed by atoms with van der Waals surface area (Å²) < 4.78 is 32.6. The summed E-state index contributed by atoms with van der Waals surface area (Å²) >= 11 is 5.85. The quantitative estimate of drug-likeness (QED) is 0.596. The van der Waals surface area contributed by atoms with Crippen molar-refractivity contribution in [1.29, 1.82) is 0 Å². The standard InChI is InChI=1S/C21H27ClN2O4S/c1-5-24(6-2)29(26,27)19-12-7-16(3)20(15-19)21(25)23(4)13-14-28-18-10-8-17(22)9-11-18/h7-12,15H,5-6,13-14H2,1-4H3. The molecule has 0 atom stereocenters. The second-order valence-corrected chi connectivity index (χ2v) is 8.97. The molecule has 0 saturated heterocycles. The first kappa shape index (κ1) is 23.2. The largest absolute Gasteiger partial charge is 0.492 e. The van der Waals surface area contributed by atoms with Gasteiger partial charge < -0.3 is 9.64 Å². The van der Waals surface area contributed by atoms with Crippen LogP contribution in [-0.2, 0) is 10.0 Å². The van der Waals surface area contributed by atoms with E-state index in [-0.39, 0.29) is 10.8 Å². The third kappa shape index (κ3) is 5.72. The van der Waals surface area contributed by atoms with Crippen LogP contribution in [0.25, 0.3) is 0 Å². The van der Waals surface area contributed by atoms with E-state index in [1.807, 2.05) is 0 Å². The lowest BCUT2D eigenvalue weighted by atomic mass is 10.1. The second kappa shape index (κ2) is 10.1. The van der Waals surface area contributed by atoms with Gasteiger partial charge in [-0.25, -0.2) is 8.42 Å². The number of halogens is 1. The van der Waals surface area contributed by atoms with Gasteiger partial charge in [0.1, 0.15) is 12.4 Å². The summed E-state index contributed by atoms with van der Waals surface area (Å²) in [6.45, 7) is 6.77. The fourth-order valence-electron chi connectivity index (χ4n) is 2.84. The molecule has 2 aromatic carbocycles. The Balaban J connectivity index is 2.11. The van der Waals surface area contributed by atoms with E-state index >= 15 is 0 Å². The number of aryl methyl sites for hydroxylation is 1. The zero-order valence-electron chi connectivity index (χ0n) is 17.2. The molecule has 6 nitrogen and oxygen atoms in total. The van der Waals surface area contributed by atoms with Crippen molar-refractivity contribution in [1.82, 2.24) is 9.21 Å². The first-order valence-corrected chi connectivity index (χ1v) is 11.3. The van der Waals surface area contributed by atoms with Crippen LogP contribution in [-0.4, -0.2) is 56.8 Å². The fraction of sp³-hybridized carbons (Fsp3) is 0.381. The molecule has 2 rings (SSSR count). The van der Waals surface area contributed by atoms with E-state index in [4.69, 9.17) is 16.3 Å². The number of rotatable bonds is 9. The molecule has 29 heavy (non-hydrogen) atoms. The van der Waals surface area contributed by atoms with E-state index in [1.54, 1.807) is 64.2 Å². The molecule has 0 aliphatic rings. The van der Waals surface area contributed by atoms with E-state index in [1.165, 1.54) is 15.3 Å². The van der Waals surface area contributed by atoms with Crippen LogP contribution in [0.4, 0.5) is 0 Å². The molecule has 1 amide bonds. The Kier molecular flexibility index (Phi) is 8.07. The number of likely N-dealkylation sites (N-methyl/N-ethyl adjacent to an activating group) is 1. The molecule has 0 unspecified atom stereocenters. The Hall–Kier alpha value is -2.09. The average molecular weight is 439 g/mol. The third-order valence-electron chi connectivity index (χ3n) is 4.64. The molecule has 0 fully saturated rings. The summed E-state index contributed by atoms with van der Waals surface area (Å²) in [7, 11) is -1.96. The molecule has 0 spiro atoms. The molecule has 0 heterocycles. The molecule has 2 aromatic rings. The van der Waals surface area contributed by atoms with Gasteiger partial charge in [-0.05, 0) is 48.9 Å². The Morgan fingerprint density at radius 3 is 2.28 bits per heavy atom. The van der Waals surface area contributed by atoms with Crippen molar-refractivity contribution in [2.45, 2.75) is 25.7 Å². The van der Waals surface area contributed by atoms with Crippen LogP contribution in [0.15, 0.2) is 47.4 Å². The van der Waals surface area contributed by atoms with Crippen LogP contribution in [0.2, 0.25) is 5.02 Å². The topological polar surface area (TPSA) is 66.9 Å². The minimum atomic E-state index is -3.63. The Morgan fingerprint density at radius 1 is 1.07 bits per heavy atom. The molecule has 8 heteroatoms. The average Bonchev–Trinajstić information content (AvgIpc) is 2.69. The van der Waals surface area contributed by atoms with Crippen molar-refractivity contribution < 1.29 is 17.9 Å². The molecule has 0 bridgehead atoms. The third-order valence-corrected chi connectivity index (χ3v) is 6.94. The SMILES string of the molecule is CCN(CC)S(=O)(=O)c1ccc(C)c(C(=O)N(C)CCOc2ccc(Cl)cc2)c1. The first-order chi connectivity index (χ1) is 13.7. The second-order valence-electron chi connectivity index (χ2n) is 6.60. The summed E-state index contributed by atoms with van der Waals surface area (Å²) in [5.41, 5.74) is 1.09. The van der Waals surface area contributed by atoms with Gasteiger partial charge in [0, 0.05) is 30.7 Å². The molecule has 0 N–H and O–H groups in total. The minimum Gasteiger partial charge on any atom is -0.492 e. The zero-order valence-corrected chi connectivity index (χ0v) is 18.8. The van der Waals surface area contributed by atoms with E-state index in [9.17, 15) is 13.2 Å². The summed E-state index contributed by atoms with van der Waals surface area (Å²) in [6, 6.07) is 11.7. The highest BCUT2D eigenvalue weighted by molar-refractivity contribution is 7.89. The van der Waals surface area contributed by atoms with Crippen LogP contribution in [0.3, 0.4) is 0 Å². The van der Waals surface area contributed by atoms with Gasteiger partial charge in [0.25, 0.3) is 5.91 Å². The van der Waals surface area contributed by atoms with Crippen molar-refractivity contribution in [2.24, 2.45) is 0 Å². The molecule has 0 radical (unpaired) electrons. The molecule has 0 aromatic heterocycles. The maximum atomic E-state index is 12.9. The lowest BCUT2D eigenvalue weighted by Crippen LogP contribution is -2.33. The maximum Gasteiger partial charge on any atom is 0.254 e.